The van der Waals surface area contributed by atoms with E-state index in [4.69, 9.17) is 4.74 Å². The molecule has 4 heteroatoms. The van der Waals surface area contributed by atoms with Crippen LogP contribution in [0.4, 0.5) is 0 Å². The molecule has 0 aliphatic rings. The summed E-state index contributed by atoms with van der Waals surface area (Å²) in [5.74, 6) is 0.533. The predicted molar refractivity (Wildman–Crippen MR) is 71.0 cm³/mol. The van der Waals surface area contributed by atoms with Crippen molar-refractivity contribution in [3.8, 4) is 0 Å². The number of hydrogen-bond donors (Lipinski definition) is 2. The number of unbranched alkanes of at least 4 members (excludes halogenated alkanes) is 1. The molecule has 0 aromatic carbocycles. The number of carbonyl (C=O) groups is 1. The van der Waals surface area contributed by atoms with E-state index in [0.29, 0.717) is 25.7 Å². The Balaban J connectivity index is 3.75. The second-order valence-corrected chi connectivity index (χ2v) is 4.59. The molecular formula is C13H28N2O2. The van der Waals surface area contributed by atoms with Crippen LogP contribution in [0.1, 0.15) is 40.5 Å². The molecule has 0 spiro atoms. The van der Waals surface area contributed by atoms with Crippen molar-refractivity contribution in [3.63, 3.8) is 0 Å². The fraction of sp³-hybridized carbons (Fsp3) is 0.923. The Morgan fingerprint density at radius 3 is 2.53 bits per heavy atom. The van der Waals surface area contributed by atoms with Crippen molar-refractivity contribution in [2.45, 2.75) is 46.6 Å². The van der Waals surface area contributed by atoms with Crippen molar-refractivity contribution < 1.29 is 9.53 Å². The van der Waals surface area contributed by atoms with Gasteiger partial charge < -0.3 is 15.4 Å². The summed E-state index contributed by atoms with van der Waals surface area (Å²) in [6.07, 6.45) is 2.14. The molecule has 0 radical (unpaired) electrons. The van der Waals surface area contributed by atoms with Crippen molar-refractivity contribution in [2.75, 3.05) is 26.3 Å². The number of nitrogens with one attached hydrogen (secondary N) is 2. The van der Waals surface area contributed by atoms with Gasteiger partial charge in [0, 0.05) is 19.2 Å². The van der Waals surface area contributed by atoms with Gasteiger partial charge in [0.1, 0.15) is 0 Å². The molecule has 4 nitrogen and oxygen atoms in total. The topological polar surface area (TPSA) is 50.4 Å². The normalized spacial score (nSPS) is 12.8. The summed E-state index contributed by atoms with van der Waals surface area (Å²) in [6, 6.07) is 0.242. The third kappa shape index (κ3) is 9.12. The Kier molecular flexibility index (Phi) is 10.2. The van der Waals surface area contributed by atoms with Gasteiger partial charge in [-0.15, -0.1) is 0 Å². The number of ether oxygens (including phenoxy) is 1. The Labute approximate surface area is 105 Å². The molecule has 0 bridgehead atoms. The van der Waals surface area contributed by atoms with Crippen molar-refractivity contribution in [3.05, 3.63) is 0 Å². The summed E-state index contributed by atoms with van der Waals surface area (Å²) < 4.78 is 5.39. The molecule has 0 heterocycles. The lowest BCUT2D eigenvalue weighted by Gasteiger charge is -2.21. The van der Waals surface area contributed by atoms with Gasteiger partial charge in [-0.3, -0.25) is 4.79 Å². The lowest BCUT2D eigenvalue weighted by molar-refractivity contribution is -0.120. The maximum atomic E-state index is 11.5. The molecule has 0 aliphatic heterocycles. The molecule has 0 aromatic heterocycles. The average molecular weight is 244 g/mol. The third-order valence-corrected chi connectivity index (χ3v) is 2.68. The van der Waals surface area contributed by atoms with Gasteiger partial charge in [-0.05, 0) is 19.3 Å². The van der Waals surface area contributed by atoms with E-state index < -0.39 is 0 Å². The number of amides is 1. The Bertz CT molecular complexity index is 196. The molecular weight excluding hydrogens is 216 g/mol. The highest BCUT2D eigenvalue weighted by Crippen LogP contribution is 2.01. The predicted octanol–water partition coefficient (Wildman–Crippen LogP) is 1.55. The first-order chi connectivity index (χ1) is 8.11. The first kappa shape index (κ1) is 16.4. The van der Waals surface area contributed by atoms with Gasteiger partial charge in [-0.2, -0.15) is 0 Å². The van der Waals surface area contributed by atoms with Crippen LogP contribution in [0.3, 0.4) is 0 Å². The van der Waals surface area contributed by atoms with E-state index in [1.165, 1.54) is 0 Å². The van der Waals surface area contributed by atoms with E-state index in [-0.39, 0.29) is 11.9 Å². The van der Waals surface area contributed by atoms with E-state index in [1.54, 1.807) is 0 Å². The smallest absolute Gasteiger partial charge is 0.233 e. The minimum Gasteiger partial charge on any atom is -0.380 e. The van der Waals surface area contributed by atoms with Crippen LogP contribution in [0.5, 0.6) is 0 Å². The molecule has 1 amide bonds. The van der Waals surface area contributed by atoms with Crippen LogP contribution < -0.4 is 10.6 Å². The second-order valence-electron chi connectivity index (χ2n) is 4.59. The van der Waals surface area contributed by atoms with Gasteiger partial charge >= 0.3 is 0 Å². The van der Waals surface area contributed by atoms with Gasteiger partial charge in [-0.25, -0.2) is 0 Å². The van der Waals surface area contributed by atoms with E-state index in [1.807, 2.05) is 6.92 Å². The summed E-state index contributed by atoms with van der Waals surface area (Å²) in [6.45, 7) is 10.9. The van der Waals surface area contributed by atoms with Crippen LogP contribution in [0.25, 0.3) is 0 Å². The summed E-state index contributed by atoms with van der Waals surface area (Å²) >= 11 is 0. The molecule has 17 heavy (non-hydrogen) atoms. The van der Waals surface area contributed by atoms with Gasteiger partial charge in [0.15, 0.2) is 0 Å². The number of carbonyl (C=O) groups excluding carboxylic acids is 1. The Hall–Kier alpha value is -0.610. The monoisotopic (exact) mass is 244 g/mol. The van der Waals surface area contributed by atoms with Crippen molar-refractivity contribution >= 4 is 5.91 Å². The fourth-order valence-electron chi connectivity index (χ4n) is 1.42. The zero-order chi connectivity index (χ0) is 13.1. The first-order valence-electron chi connectivity index (χ1n) is 6.69. The fourth-order valence-corrected chi connectivity index (χ4v) is 1.42. The van der Waals surface area contributed by atoms with Crippen LogP contribution in [0.15, 0.2) is 0 Å². The standard InChI is InChI=1S/C13H28N2O2/c1-5-7-8-14-13(16)9-15-12(11(3)4)10-17-6-2/h11-12,15H,5-10H2,1-4H3,(H,14,16). The molecule has 0 saturated heterocycles. The molecule has 0 aliphatic carbocycles. The summed E-state index contributed by atoms with van der Waals surface area (Å²) in [5.41, 5.74) is 0. The lowest BCUT2D eigenvalue weighted by atomic mass is 10.1. The van der Waals surface area contributed by atoms with E-state index in [9.17, 15) is 4.79 Å². The maximum Gasteiger partial charge on any atom is 0.233 e. The molecule has 1 unspecified atom stereocenters. The Morgan fingerprint density at radius 2 is 2.00 bits per heavy atom. The molecule has 0 saturated carbocycles. The van der Waals surface area contributed by atoms with Gasteiger partial charge in [0.2, 0.25) is 5.91 Å². The van der Waals surface area contributed by atoms with Gasteiger partial charge in [0.25, 0.3) is 0 Å². The average Bonchev–Trinajstić information content (AvgIpc) is 2.29. The Morgan fingerprint density at radius 1 is 1.29 bits per heavy atom. The van der Waals surface area contributed by atoms with E-state index in [2.05, 4.69) is 31.4 Å². The van der Waals surface area contributed by atoms with Crippen LogP contribution in [0, 0.1) is 5.92 Å². The largest absolute Gasteiger partial charge is 0.380 e. The first-order valence-corrected chi connectivity index (χ1v) is 6.69. The van der Waals surface area contributed by atoms with Crippen LogP contribution in [-0.2, 0) is 9.53 Å². The zero-order valence-corrected chi connectivity index (χ0v) is 11.7. The number of rotatable bonds is 10. The maximum absolute atomic E-state index is 11.5. The van der Waals surface area contributed by atoms with Crippen LogP contribution in [0.2, 0.25) is 0 Å². The van der Waals surface area contributed by atoms with E-state index in [0.717, 1.165) is 19.4 Å². The molecule has 0 fully saturated rings. The lowest BCUT2D eigenvalue weighted by Crippen LogP contribution is -2.44. The van der Waals surface area contributed by atoms with E-state index >= 15 is 0 Å². The third-order valence-electron chi connectivity index (χ3n) is 2.68. The highest BCUT2D eigenvalue weighted by molar-refractivity contribution is 5.77. The van der Waals surface area contributed by atoms with Crippen LogP contribution >= 0.6 is 0 Å². The van der Waals surface area contributed by atoms with Crippen molar-refractivity contribution in [1.82, 2.24) is 10.6 Å². The highest BCUT2D eigenvalue weighted by Gasteiger charge is 2.13. The number of hydrogen-bond acceptors (Lipinski definition) is 3. The zero-order valence-electron chi connectivity index (χ0n) is 11.7. The van der Waals surface area contributed by atoms with Gasteiger partial charge in [0.05, 0.1) is 13.2 Å². The molecule has 102 valence electrons. The SMILES string of the molecule is CCCCNC(=O)CNC(COCC)C(C)C. The summed E-state index contributed by atoms with van der Waals surface area (Å²) in [4.78, 5) is 11.5. The summed E-state index contributed by atoms with van der Waals surface area (Å²) in [7, 11) is 0. The summed E-state index contributed by atoms with van der Waals surface area (Å²) in [5, 5.41) is 6.14. The van der Waals surface area contributed by atoms with Gasteiger partial charge in [-0.1, -0.05) is 27.2 Å². The van der Waals surface area contributed by atoms with Crippen molar-refractivity contribution in [1.29, 1.82) is 0 Å². The molecule has 0 rings (SSSR count). The van der Waals surface area contributed by atoms with Crippen LogP contribution in [-0.4, -0.2) is 38.3 Å². The second kappa shape index (κ2) is 10.5. The minimum absolute atomic E-state index is 0.0700. The highest BCUT2D eigenvalue weighted by atomic mass is 16.5. The minimum atomic E-state index is 0.0700. The quantitative estimate of drug-likeness (QED) is 0.573. The van der Waals surface area contributed by atoms with Crippen molar-refractivity contribution in [2.24, 2.45) is 5.92 Å². The molecule has 1 atom stereocenters. The molecule has 2 N–H and O–H groups in total. The molecule has 0 aromatic rings.